The number of carbonyl (C=O) groups excluding carboxylic acids is 1. The number of sulfonamides is 1. The highest BCUT2D eigenvalue weighted by Gasteiger charge is 2.28. The summed E-state index contributed by atoms with van der Waals surface area (Å²) in [6.07, 6.45) is 0.999. The minimum Gasteiger partial charge on any atom is -0.379 e. The van der Waals surface area contributed by atoms with Crippen LogP contribution in [0.3, 0.4) is 0 Å². The molecule has 2 aliphatic heterocycles. The monoisotopic (exact) mass is 461 g/mol. The number of rotatable bonds is 5. The Morgan fingerprint density at radius 1 is 1.13 bits per heavy atom. The Labute approximate surface area is 187 Å². The summed E-state index contributed by atoms with van der Waals surface area (Å²) < 4.78 is 32.9. The summed E-state index contributed by atoms with van der Waals surface area (Å²) in [5, 5.41) is 2.89. The van der Waals surface area contributed by atoms with Crippen molar-refractivity contribution in [2.75, 3.05) is 55.4 Å². The van der Waals surface area contributed by atoms with Gasteiger partial charge in [0.1, 0.15) is 0 Å². The fourth-order valence-corrected chi connectivity index (χ4v) is 6.49. The van der Waals surface area contributed by atoms with Crippen molar-refractivity contribution in [3.8, 4) is 0 Å². The van der Waals surface area contributed by atoms with Gasteiger partial charge >= 0.3 is 0 Å². The number of benzene rings is 2. The first-order valence-electron chi connectivity index (χ1n) is 10.4. The molecule has 0 unspecified atom stereocenters. The highest BCUT2D eigenvalue weighted by atomic mass is 32.2. The smallest absolute Gasteiger partial charge is 0.243 e. The molecule has 0 aromatic heterocycles. The van der Waals surface area contributed by atoms with Crippen LogP contribution in [0.25, 0.3) is 0 Å². The van der Waals surface area contributed by atoms with E-state index in [-0.39, 0.29) is 17.3 Å². The molecule has 2 heterocycles. The maximum atomic E-state index is 13.1. The highest BCUT2D eigenvalue weighted by Crippen LogP contribution is 2.33. The molecule has 9 heteroatoms. The number of fused-ring (bicyclic) bond motifs is 1. The van der Waals surface area contributed by atoms with Gasteiger partial charge in [-0.2, -0.15) is 4.31 Å². The zero-order chi connectivity index (χ0) is 21.8. The number of carbonyl (C=O) groups is 1. The number of morpholine rings is 1. The number of nitrogens with one attached hydrogen (secondary N) is 1. The van der Waals surface area contributed by atoms with Crippen molar-refractivity contribution in [2.24, 2.45) is 0 Å². The number of para-hydroxylation sites is 1. The molecule has 31 heavy (non-hydrogen) atoms. The first-order chi connectivity index (χ1) is 14.9. The molecule has 0 bridgehead atoms. The summed E-state index contributed by atoms with van der Waals surface area (Å²) in [5.41, 5.74) is 2.21. The van der Waals surface area contributed by atoms with Crippen LogP contribution in [-0.4, -0.2) is 63.8 Å². The van der Waals surface area contributed by atoms with Crippen molar-refractivity contribution < 1.29 is 17.9 Å². The van der Waals surface area contributed by atoms with Gasteiger partial charge in [-0.05, 0) is 48.9 Å². The van der Waals surface area contributed by atoms with Crippen LogP contribution in [0, 0.1) is 6.92 Å². The summed E-state index contributed by atoms with van der Waals surface area (Å²) in [4.78, 5) is 16.3. The second-order valence-electron chi connectivity index (χ2n) is 7.64. The first kappa shape index (κ1) is 22.1. The molecule has 1 fully saturated rings. The van der Waals surface area contributed by atoms with Gasteiger partial charge in [0.2, 0.25) is 15.9 Å². The topological polar surface area (TPSA) is 79.0 Å². The van der Waals surface area contributed by atoms with Gasteiger partial charge in [-0.1, -0.05) is 18.2 Å². The predicted molar refractivity (Wildman–Crippen MR) is 123 cm³/mol. The molecular weight excluding hydrogens is 434 g/mol. The SMILES string of the molecule is Cc1ccc(NC(=O)CN2CCCSc3ccccc32)cc1S(=O)(=O)N1CCOCC1. The van der Waals surface area contributed by atoms with Crippen LogP contribution in [0.15, 0.2) is 52.3 Å². The van der Waals surface area contributed by atoms with Gasteiger partial charge in [-0.15, -0.1) is 11.8 Å². The van der Waals surface area contributed by atoms with E-state index in [1.54, 1.807) is 25.1 Å². The molecular formula is C22H27N3O4S2. The number of hydrogen-bond acceptors (Lipinski definition) is 6. The molecule has 7 nitrogen and oxygen atoms in total. The Morgan fingerprint density at radius 2 is 1.90 bits per heavy atom. The maximum Gasteiger partial charge on any atom is 0.243 e. The maximum absolute atomic E-state index is 13.1. The Bertz CT molecular complexity index is 1050. The van der Waals surface area contributed by atoms with E-state index in [9.17, 15) is 13.2 Å². The van der Waals surface area contributed by atoms with Crippen molar-refractivity contribution in [2.45, 2.75) is 23.1 Å². The minimum absolute atomic E-state index is 0.166. The van der Waals surface area contributed by atoms with Crippen molar-refractivity contribution in [1.82, 2.24) is 4.31 Å². The third kappa shape index (κ3) is 5.06. The summed E-state index contributed by atoms with van der Waals surface area (Å²) in [7, 11) is -3.63. The molecule has 0 atom stereocenters. The Hall–Kier alpha value is -2.07. The lowest BCUT2D eigenvalue weighted by Gasteiger charge is -2.27. The van der Waals surface area contributed by atoms with Gasteiger partial charge in [0, 0.05) is 30.2 Å². The Kier molecular flexibility index (Phi) is 6.86. The molecule has 2 aromatic rings. The quantitative estimate of drug-likeness (QED) is 0.738. The van der Waals surface area contributed by atoms with E-state index in [1.807, 2.05) is 30.0 Å². The third-order valence-electron chi connectivity index (χ3n) is 5.43. The van der Waals surface area contributed by atoms with Crippen LogP contribution < -0.4 is 10.2 Å². The largest absolute Gasteiger partial charge is 0.379 e. The minimum atomic E-state index is -3.63. The molecule has 166 valence electrons. The summed E-state index contributed by atoms with van der Waals surface area (Å²) in [5.74, 6) is 0.857. The van der Waals surface area contributed by atoms with Gasteiger partial charge in [0.05, 0.1) is 30.3 Å². The molecule has 0 radical (unpaired) electrons. The van der Waals surface area contributed by atoms with E-state index in [2.05, 4.69) is 16.3 Å². The molecule has 0 aliphatic carbocycles. The van der Waals surface area contributed by atoms with Crippen LogP contribution in [0.1, 0.15) is 12.0 Å². The van der Waals surface area contributed by atoms with Gasteiger partial charge in [0.25, 0.3) is 0 Å². The highest BCUT2D eigenvalue weighted by molar-refractivity contribution is 7.99. The molecule has 0 saturated carbocycles. The van der Waals surface area contributed by atoms with Crippen LogP contribution in [0.5, 0.6) is 0 Å². The van der Waals surface area contributed by atoms with E-state index in [0.29, 0.717) is 37.6 Å². The van der Waals surface area contributed by atoms with Crippen LogP contribution >= 0.6 is 11.8 Å². The lowest BCUT2D eigenvalue weighted by atomic mass is 10.2. The second-order valence-corrected chi connectivity index (χ2v) is 10.7. The van der Waals surface area contributed by atoms with E-state index >= 15 is 0 Å². The van der Waals surface area contributed by atoms with Gasteiger partial charge in [-0.25, -0.2) is 8.42 Å². The number of hydrogen-bond donors (Lipinski definition) is 1. The fourth-order valence-electron chi connectivity index (χ4n) is 3.82. The van der Waals surface area contributed by atoms with Crippen molar-refractivity contribution in [3.05, 3.63) is 48.0 Å². The average molecular weight is 462 g/mol. The van der Waals surface area contributed by atoms with E-state index in [1.165, 1.54) is 9.20 Å². The van der Waals surface area contributed by atoms with Gasteiger partial charge in [-0.3, -0.25) is 4.79 Å². The third-order valence-corrected chi connectivity index (χ3v) is 8.62. The van der Waals surface area contributed by atoms with Gasteiger partial charge in [0.15, 0.2) is 0 Å². The van der Waals surface area contributed by atoms with E-state index in [0.717, 1.165) is 24.4 Å². The molecule has 2 aliphatic rings. The molecule has 1 N–H and O–H groups in total. The molecule has 4 rings (SSSR count). The number of nitrogens with zero attached hydrogens (tertiary/aromatic N) is 2. The second kappa shape index (κ2) is 9.60. The van der Waals surface area contributed by atoms with Crippen molar-refractivity contribution in [3.63, 3.8) is 0 Å². The number of thioether (sulfide) groups is 1. The van der Waals surface area contributed by atoms with Gasteiger partial charge < -0.3 is 15.0 Å². The zero-order valence-electron chi connectivity index (χ0n) is 17.5. The van der Waals surface area contributed by atoms with E-state index in [4.69, 9.17) is 4.74 Å². The van der Waals surface area contributed by atoms with Crippen molar-refractivity contribution in [1.29, 1.82) is 0 Å². The molecule has 2 aromatic carbocycles. The summed E-state index contributed by atoms with van der Waals surface area (Å²) in [6.45, 7) is 4.26. The lowest BCUT2D eigenvalue weighted by Crippen LogP contribution is -2.40. The van der Waals surface area contributed by atoms with E-state index < -0.39 is 10.0 Å². The van der Waals surface area contributed by atoms with Crippen molar-refractivity contribution >= 4 is 39.1 Å². The molecule has 1 amide bonds. The van der Waals surface area contributed by atoms with Crippen LogP contribution in [0.2, 0.25) is 0 Å². The van der Waals surface area contributed by atoms with Crippen LogP contribution in [0.4, 0.5) is 11.4 Å². The predicted octanol–water partition coefficient (Wildman–Crippen LogP) is 2.96. The Morgan fingerprint density at radius 3 is 2.71 bits per heavy atom. The number of amides is 1. The van der Waals surface area contributed by atoms with Crippen LogP contribution in [-0.2, 0) is 19.6 Å². The average Bonchev–Trinajstić information content (AvgIpc) is 2.98. The Balaban J connectivity index is 1.50. The standard InChI is InChI=1S/C22H27N3O4S2/c1-17-7-8-18(15-21(17)31(27,28)25-10-12-29-13-11-25)23-22(26)16-24-9-4-14-30-20-6-3-2-5-19(20)24/h2-3,5-8,15H,4,9-14,16H2,1H3,(H,23,26). The summed E-state index contributed by atoms with van der Waals surface area (Å²) >= 11 is 1.81. The molecule has 1 saturated heterocycles. The number of ether oxygens (including phenoxy) is 1. The molecule has 0 spiro atoms. The summed E-state index contributed by atoms with van der Waals surface area (Å²) in [6, 6.07) is 13.2. The zero-order valence-corrected chi connectivity index (χ0v) is 19.2. The first-order valence-corrected chi connectivity index (χ1v) is 12.8. The lowest BCUT2D eigenvalue weighted by molar-refractivity contribution is -0.115. The number of anilines is 2. The fraction of sp³-hybridized carbons (Fsp3) is 0.409. The number of aryl methyl sites for hydroxylation is 1. The normalized spacial score (nSPS) is 17.6.